The van der Waals surface area contributed by atoms with Crippen molar-refractivity contribution in [3.63, 3.8) is 0 Å². The maximum atomic E-state index is 12.8. The van der Waals surface area contributed by atoms with E-state index in [-0.39, 0.29) is 18.6 Å². The predicted octanol–water partition coefficient (Wildman–Crippen LogP) is 1.94. The Morgan fingerprint density at radius 1 is 1.32 bits per heavy atom. The normalized spacial score (nSPS) is 16.8. The average Bonchev–Trinajstić information content (AvgIpc) is 3.45. The quantitative estimate of drug-likeness (QED) is 0.533. The summed E-state index contributed by atoms with van der Waals surface area (Å²) in [6.45, 7) is 4.92. The van der Waals surface area contributed by atoms with Crippen molar-refractivity contribution in [2.75, 3.05) is 25.1 Å². The minimum atomic E-state index is -0.582. The number of carbonyl (C=O) groups excluding carboxylic acids is 1. The number of aliphatic hydroxyl groups is 1. The third kappa shape index (κ3) is 4.89. The third-order valence-electron chi connectivity index (χ3n) is 5.16. The molecule has 3 aromatic rings. The second-order valence-corrected chi connectivity index (χ2v) is 7.62. The number of amides is 1. The number of carbonyl (C=O) groups is 1. The molecule has 0 spiro atoms. The Hall–Kier alpha value is -3.30. The fraction of sp³-hybridized carbons (Fsp3) is 0.364. The Labute approximate surface area is 180 Å². The number of aliphatic hydroxyl groups excluding tert-OH is 1. The van der Waals surface area contributed by atoms with Gasteiger partial charge >= 0.3 is 0 Å². The summed E-state index contributed by atoms with van der Waals surface area (Å²) in [7, 11) is 0. The second-order valence-electron chi connectivity index (χ2n) is 7.62. The molecule has 3 aromatic heterocycles. The van der Waals surface area contributed by atoms with Gasteiger partial charge in [0.05, 0.1) is 36.6 Å². The van der Waals surface area contributed by atoms with Gasteiger partial charge in [0.25, 0.3) is 5.91 Å². The standard InChI is InChI=1S/C22H26N6O3/c1-14-10-23-22(25-17-7-9-31-13-17)27-20(14)28-8-6-16(11-28)21(30)26-19(12-29)18-5-3-4-15(2)24-18/h3-6,8,10-11,17,19,29H,7,9,12-13H2,1-2H3,(H,26,30)(H,23,25,27)/t17-,19+/m0/s1. The van der Waals surface area contributed by atoms with Gasteiger partial charge in [0.1, 0.15) is 5.82 Å². The summed E-state index contributed by atoms with van der Waals surface area (Å²) in [5, 5.41) is 15.9. The minimum absolute atomic E-state index is 0.201. The zero-order chi connectivity index (χ0) is 21.8. The number of hydrogen-bond acceptors (Lipinski definition) is 7. The Morgan fingerprint density at radius 2 is 2.19 bits per heavy atom. The van der Waals surface area contributed by atoms with Crippen molar-refractivity contribution >= 4 is 11.9 Å². The molecule has 0 saturated carbocycles. The van der Waals surface area contributed by atoms with E-state index >= 15 is 0 Å². The first-order chi connectivity index (χ1) is 15.0. The lowest BCUT2D eigenvalue weighted by Crippen LogP contribution is -2.31. The van der Waals surface area contributed by atoms with Crippen molar-refractivity contribution in [3.05, 3.63) is 65.4 Å². The molecule has 9 nitrogen and oxygen atoms in total. The average molecular weight is 422 g/mol. The van der Waals surface area contributed by atoms with E-state index in [0.717, 1.165) is 24.3 Å². The van der Waals surface area contributed by atoms with Crippen LogP contribution in [0.3, 0.4) is 0 Å². The van der Waals surface area contributed by atoms with Crippen LogP contribution in [0.2, 0.25) is 0 Å². The van der Waals surface area contributed by atoms with E-state index in [4.69, 9.17) is 4.74 Å². The zero-order valence-electron chi connectivity index (χ0n) is 17.6. The molecule has 0 radical (unpaired) electrons. The lowest BCUT2D eigenvalue weighted by Gasteiger charge is -2.16. The molecule has 0 unspecified atom stereocenters. The van der Waals surface area contributed by atoms with Crippen LogP contribution in [0.5, 0.6) is 0 Å². The summed E-state index contributed by atoms with van der Waals surface area (Å²) in [6.07, 6.45) is 6.17. The first-order valence-corrected chi connectivity index (χ1v) is 10.2. The van der Waals surface area contributed by atoms with Crippen molar-refractivity contribution < 1.29 is 14.6 Å². The molecule has 0 aliphatic carbocycles. The second kappa shape index (κ2) is 9.23. The predicted molar refractivity (Wildman–Crippen MR) is 115 cm³/mol. The van der Waals surface area contributed by atoms with Gasteiger partial charge < -0.3 is 25.0 Å². The summed E-state index contributed by atoms with van der Waals surface area (Å²) in [5.74, 6) is 0.922. The highest BCUT2D eigenvalue weighted by molar-refractivity contribution is 5.94. The monoisotopic (exact) mass is 422 g/mol. The van der Waals surface area contributed by atoms with E-state index < -0.39 is 6.04 Å². The van der Waals surface area contributed by atoms with E-state index in [1.165, 1.54) is 0 Å². The molecule has 1 amide bonds. The van der Waals surface area contributed by atoms with Crippen molar-refractivity contribution in [1.82, 2.24) is 24.8 Å². The van der Waals surface area contributed by atoms with Gasteiger partial charge in [0, 0.05) is 36.5 Å². The molecule has 31 heavy (non-hydrogen) atoms. The van der Waals surface area contributed by atoms with Gasteiger partial charge in [-0.3, -0.25) is 9.78 Å². The van der Waals surface area contributed by atoms with E-state index in [0.29, 0.717) is 29.6 Å². The Morgan fingerprint density at radius 3 is 2.94 bits per heavy atom. The van der Waals surface area contributed by atoms with Crippen LogP contribution >= 0.6 is 0 Å². The minimum Gasteiger partial charge on any atom is -0.394 e. The molecule has 4 heterocycles. The van der Waals surface area contributed by atoms with E-state index in [2.05, 4.69) is 25.6 Å². The van der Waals surface area contributed by atoms with Crippen LogP contribution in [0, 0.1) is 13.8 Å². The van der Waals surface area contributed by atoms with Crippen molar-refractivity contribution in [1.29, 1.82) is 0 Å². The summed E-state index contributed by atoms with van der Waals surface area (Å²) >= 11 is 0. The number of nitrogens with one attached hydrogen (secondary N) is 2. The van der Waals surface area contributed by atoms with Gasteiger partial charge in [-0.05, 0) is 38.5 Å². The van der Waals surface area contributed by atoms with Crippen molar-refractivity contribution in [3.8, 4) is 5.82 Å². The van der Waals surface area contributed by atoms with Crippen molar-refractivity contribution in [2.24, 2.45) is 0 Å². The van der Waals surface area contributed by atoms with Gasteiger partial charge in [-0.15, -0.1) is 0 Å². The third-order valence-corrected chi connectivity index (χ3v) is 5.16. The number of pyridine rings is 1. The maximum Gasteiger partial charge on any atom is 0.253 e. The van der Waals surface area contributed by atoms with Crippen LogP contribution in [-0.4, -0.2) is 56.4 Å². The zero-order valence-corrected chi connectivity index (χ0v) is 17.6. The van der Waals surface area contributed by atoms with Crippen LogP contribution in [0.4, 0.5) is 5.95 Å². The van der Waals surface area contributed by atoms with Crippen molar-refractivity contribution in [2.45, 2.75) is 32.4 Å². The molecule has 4 rings (SSSR count). The Bertz CT molecular complexity index is 1060. The summed E-state index contributed by atoms with van der Waals surface area (Å²) in [5.41, 5.74) is 2.79. The number of aromatic nitrogens is 4. The van der Waals surface area contributed by atoms with E-state index in [9.17, 15) is 9.90 Å². The SMILES string of the molecule is Cc1cccc([C@@H](CO)NC(=O)c2ccn(-c3nc(N[C@H]4CCOC4)ncc3C)c2)n1. The van der Waals surface area contributed by atoms with Crippen LogP contribution < -0.4 is 10.6 Å². The number of ether oxygens (including phenoxy) is 1. The highest BCUT2D eigenvalue weighted by Crippen LogP contribution is 2.17. The van der Waals surface area contributed by atoms with Crippen LogP contribution in [0.15, 0.2) is 42.9 Å². The highest BCUT2D eigenvalue weighted by atomic mass is 16.5. The van der Waals surface area contributed by atoms with Gasteiger partial charge in [-0.1, -0.05) is 6.07 Å². The summed E-state index contributed by atoms with van der Waals surface area (Å²) in [6, 6.07) is 6.84. The highest BCUT2D eigenvalue weighted by Gasteiger charge is 2.19. The topological polar surface area (TPSA) is 114 Å². The molecule has 2 atom stereocenters. The first kappa shape index (κ1) is 21.0. The smallest absolute Gasteiger partial charge is 0.253 e. The maximum absolute atomic E-state index is 12.8. The van der Waals surface area contributed by atoms with Gasteiger partial charge in [-0.2, -0.15) is 4.98 Å². The van der Waals surface area contributed by atoms with E-state index in [1.807, 2.05) is 26.0 Å². The molecule has 1 aliphatic heterocycles. The lowest BCUT2D eigenvalue weighted by atomic mass is 10.1. The largest absolute Gasteiger partial charge is 0.394 e. The van der Waals surface area contributed by atoms with E-state index in [1.54, 1.807) is 35.3 Å². The number of anilines is 1. The molecular formula is C22H26N6O3. The number of hydrogen-bond donors (Lipinski definition) is 3. The molecular weight excluding hydrogens is 396 g/mol. The van der Waals surface area contributed by atoms with Crippen LogP contribution in [-0.2, 0) is 4.74 Å². The fourth-order valence-corrected chi connectivity index (χ4v) is 3.47. The van der Waals surface area contributed by atoms with Crippen LogP contribution in [0.1, 0.15) is 39.8 Å². The number of nitrogens with zero attached hydrogens (tertiary/aromatic N) is 4. The van der Waals surface area contributed by atoms with Gasteiger partial charge in [0.15, 0.2) is 0 Å². The van der Waals surface area contributed by atoms with Gasteiger partial charge in [0.2, 0.25) is 5.95 Å². The first-order valence-electron chi connectivity index (χ1n) is 10.2. The van der Waals surface area contributed by atoms with Gasteiger partial charge in [-0.25, -0.2) is 4.98 Å². The number of rotatable bonds is 7. The molecule has 0 aromatic carbocycles. The molecule has 162 valence electrons. The molecule has 1 saturated heterocycles. The summed E-state index contributed by atoms with van der Waals surface area (Å²) in [4.78, 5) is 26.1. The summed E-state index contributed by atoms with van der Waals surface area (Å²) < 4.78 is 7.18. The molecule has 3 N–H and O–H groups in total. The molecule has 1 aliphatic rings. The molecule has 1 fully saturated rings. The molecule has 9 heteroatoms. The van der Waals surface area contributed by atoms with Crippen LogP contribution in [0.25, 0.3) is 5.82 Å². The number of aryl methyl sites for hydroxylation is 2. The molecule has 0 bridgehead atoms. The lowest BCUT2D eigenvalue weighted by molar-refractivity contribution is 0.0914. The Balaban J connectivity index is 1.50. The fourth-order valence-electron chi connectivity index (χ4n) is 3.47. The Kier molecular flexibility index (Phi) is 6.24.